The fraction of sp³-hybridized carbons (Fsp3) is 0.241. The van der Waals surface area contributed by atoms with Crippen molar-refractivity contribution in [1.82, 2.24) is 14.8 Å². The molecular weight excluding hydrogens is 500 g/mol. The molecule has 0 radical (unpaired) electrons. The number of hydrogen-bond donors (Lipinski definition) is 1. The Bertz CT molecular complexity index is 1530. The quantitative estimate of drug-likeness (QED) is 0.336. The summed E-state index contributed by atoms with van der Waals surface area (Å²) in [7, 11) is -3.86. The van der Waals surface area contributed by atoms with E-state index in [1.54, 1.807) is 47.5 Å². The number of carbonyl (C=O) groups is 1. The molecule has 9 heteroatoms. The Balaban J connectivity index is 1.23. The van der Waals surface area contributed by atoms with Gasteiger partial charge in [-0.2, -0.15) is 0 Å². The highest BCUT2D eigenvalue weighted by molar-refractivity contribution is 7.93. The van der Waals surface area contributed by atoms with Crippen LogP contribution in [0.1, 0.15) is 29.3 Å². The van der Waals surface area contributed by atoms with Gasteiger partial charge in [-0.3, -0.25) is 19.4 Å². The number of nitrogens with one attached hydrogen (secondary N) is 1. The number of nitrogens with zero attached hydrogens (tertiary/aromatic N) is 3. The zero-order chi connectivity index (χ0) is 26.5. The summed E-state index contributed by atoms with van der Waals surface area (Å²) in [5, 5.41) is 0.743. The minimum Gasteiger partial charge on any atom is -0.493 e. The molecule has 1 N–H and O–H groups in total. The van der Waals surface area contributed by atoms with E-state index in [9.17, 15) is 13.2 Å². The Hall–Kier alpha value is -3.95. The summed E-state index contributed by atoms with van der Waals surface area (Å²) in [6.07, 6.45) is 2.52. The molecule has 8 nitrogen and oxygen atoms in total. The lowest BCUT2D eigenvalue weighted by atomic mass is 10.2. The maximum Gasteiger partial charge on any atom is 0.264 e. The summed E-state index contributed by atoms with van der Waals surface area (Å²) in [5.41, 5.74) is 2.40. The standard InChI is InChI=1S/C29H30N4O4S/c1-2-19-37-26-10-4-3-7-24(26)20-32-17-18-33(21-32)29(34)23-12-14-25(15-13-23)31-38(35,36)27-11-5-8-22-9-6-16-30-28(22)27/h3-16,31H,2,17-21H2,1H3. The van der Waals surface area contributed by atoms with Crippen molar-refractivity contribution in [3.05, 3.63) is 96.2 Å². The molecule has 0 unspecified atom stereocenters. The normalized spacial score (nSPS) is 14.1. The molecule has 1 amide bonds. The van der Waals surface area contributed by atoms with E-state index in [-0.39, 0.29) is 10.8 Å². The molecule has 1 fully saturated rings. The lowest BCUT2D eigenvalue weighted by molar-refractivity contribution is 0.0763. The third kappa shape index (κ3) is 5.64. The monoisotopic (exact) mass is 530 g/mol. The number of pyridine rings is 1. The van der Waals surface area contributed by atoms with Gasteiger partial charge >= 0.3 is 0 Å². The van der Waals surface area contributed by atoms with E-state index in [1.165, 1.54) is 6.07 Å². The van der Waals surface area contributed by atoms with Crippen LogP contribution in [-0.4, -0.2) is 55.5 Å². The average molecular weight is 531 g/mol. The molecule has 0 saturated carbocycles. The lowest BCUT2D eigenvalue weighted by Crippen LogP contribution is -2.31. The van der Waals surface area contributed by atoms with E-state index in [4.69, 9.17) is 4.74 Å². The zero-order valence-electron chi connectivity index (χ0n) is 21.2. The second-order valence-electron chi connectivity index (χ2n) is 9.23. The number of rotatable bonds is 9. The van der Waals surface area contributed by atoms with Crippen molar-refractivity contribution in [2.45, 2.75) is 24.8 Å². The number of benzene rings is 3. The van der Waals surface area contributed by atoms with E-state index in [0.717, 1.165) is 29.7 Å². The minimum atomic E-state index is -3.86. The minimum absolute atomic E-state index is 0.0873. The molecule has 1 aromatic heterocycles. The van der Waals surface area contributed by atoms with Gasteiger partial charge in [-0.25, -0.2) is 8.42 Å². The molecule has 2 heterocycles. The highest BCUT2D eigenvalue weighted by Gasteiger charge is 2.26. The molecule has 0 bridgehead atoms. The average Bonchev–Trinajstić information content (AvgIpc) is 3.40. The number of carbonyl (C=O) groups excluding carboxylic acids is 1. The van der Waals surface area contributed by atoms with Gasteiger partial charge in [0.15, 0.2) is 0 Å². The molecule has 196 valence electrons. The van der Waals surface area contributed by atoms with Crippen LogP contribution in [0, 0.1) is 0 Å². The van der Waals surface area contributed by atoms with Crippen molar-refractivity contribution in [2.75, 3.05) is 31.1 Å². The van der Waals surface area contributed by atoms with Crippen LogP contribution < -0.4 is 9.46 Å². The molecule has 1 aliphatic heterocycles. The van der Waals surface area contributed by atoms with Crippen LogP contribution in [0.4, 0.5) is 5.69 Å². The van der Waals surface area contributed by atoms with Gasteiger partial charge in [0.05, 0.1) is 18.8 Å². The Morgan fingerprint density at radius 1 is 0.974 bits per heavy atom. The summed E-state index contributed by atoms with van der Waals surface area (Å²) < 4.78 is 34.6. The largest absolute Gasteiger partial charge is 0.493 e. The number of aromatic nitrogens is 1. The van der Waals surface area contributed by atoms with Gasteiger partial charge in [0.25, 0.3) is 15.9 Å². The van der Waals surface area contributed by atoms with Crippen molar-refractivity contribution in [3.63, 3.8) is 0 Å². The first-order valence-electron chi connectivity index (χ1n) is 12.6. The summed E-state index contributed by atoms with van der Waals surface area (Å²) >= 11 is 0. The number of sulfonamides is 1. The molecule has 1 aliphatic rings. The summed E-state index contributed by atoms with van der Waals surface area (Å²) in [6, 6.07) is 23.2. The van der Waals surface area contributed by atoms with Crippen LogP contribution in [0.5, 0.6) is 5.75 Å². The molecule has 3 aromatic carbocycles. The molecule has 4 aromatic rings. The topological polar surface area (TPSA) is 91.8 Å². The fourth-order valence-electron chi connectivity index (χ4n) is 4.53. The number of amides is 1. The first-order chi connectivity index (χ1) is 18.4. The molecule has 5 rings (SSSR count). The van der Waals surface area contributed by atoms with Crippen molar-refractivity contribution < 1.29 is 17.9 Å². The highest BCUT2D eigenvalue weighted by Crippen LogP contribution is 2.25. The third-order valence-corrected chi connectivity index (χ3v) is 7.85. The number of hydrogen-bond acceptors (Lipinski definition) is 6. The van der Waals surface area contributed by atoms with Crippen molar-refractivity contribution in [1.29, 1.82) is 0 Å². The van der Waals surface area contributed by atoms with Crippen LogP contribution in [0.15, 0.2) is 90.0 Å². The van der Waals surface area contributed by atoms with E-state index in [1.807, 2.05) is 30.3 Å². The smallest absolute Gasteiger partial charge is 0.264 e. The molecule has 1 saturated heterocycles. The first kappa shape index (κ1) is 25.7. The summed E-state index contributed by atoms with van der Waals surface area (Å²) in [4.78, 5) is 21.5. The summed E-state index contributed by atoms with van der Waals surface area (Å²) in [5.74, 6) is 0.798. The van der Waals surface area contributed by atoms with Gasteiger partial charge in [0.1, 0.15) is 10.6 Å². The van der Waals surface area contributed by atoms with Crippen molar-refractivity contribution >= 4 is 32.5 Å². The highest BCUT2D eigenvalue weighted by atomic mass is 32.2. The number of fused-ring (bicyclic) bond motifs is 1. The molecule has 0 aliphatic carbocycles. The van der Waals surface area contributed by atoms with Gasteiger partial charge in [0.2, 0.25) is 0 Å². The van der Waals surface area contributed by atoms with Gasteiger partial charge in [-0.15, -0.1) is 0 Å². The van der Waals surface area contributed by atoms with Crippen LogP contribution >= 0.6 is 0 Å². The second kappa shape index (κ2) is 11.2. The molecule has 38 heavy (non-hydrogen) atoms. The molecule has 0 spiro atoms. The van der Waals surface area contributed by atoms with E-state index < -0.39 is 10.0 Å². The second-order valence-corrected chi connectivity index (χ2v) is 10.9. The predicted molar refractivity (Wildman–Crippen MR) is 148 cm³/mol. The zero-order valence-corrected chi connectivity index (χ0v) is 22.0. The maximum atomic E-state index is 13.1. The Kier molecular flexibility index (Phi) is 7.57. The van der Waals surface area contributed by atoms with E-state index in [0.29, 0.717) is 43.1 Å². The Morgan fingerprint density at radius 2 is 1.76 bits per heavy atom. The molecule has 0 atom stereocenters. The number of para-hydroxylation sites is 2. The number of ether oxygens (including phenoxy) is 1. The maximum absolute atomic E-state index is 13.1. The van der Waals surface area contributed by atoms with Gasteiger partial charge in [0, 0.05) is 48.0 Å². The Morgan fingerprint density at radius 3 is 2.58 bits per heavy atom. The van der Waals surface area contributed by atoms with Crippen LogP contribution in [0.25, 0.3) is 10.9 Å². The first-order valence-corrected chi connectivity index (χ1v) is 14.1. The fourth-order valence-corrected chi connectivity index (χ4v) is 5.77. The third-order valence-electron chi connectivity index (χ3n) is 6.44. The van der Waals surface area contributed by atoms with Crippen molar-refractivity contribution in [2.24, 2.45) is 0 Å². The Labute approximate surface area is 222 Å². The molecular formula is C29H30N4O4S. The van der Waals surface area contributed by atoms with E-state index in [2.05, 4.69) is 27.6 Å². The van der Waals surface area contributed by atoms with Crippen LogP contribution in [0.3, 0.4) is 0 Å². The number of anilines is 1. The lowest BCUT2D eigenvalue weighted by Gasteiger charge is -2.20. The predicted octanol–water partition coefficient (Wildman–Crippen LogP) is 4.74. The van der Waals surface area contributed by atoms with Gasteiger partial charge in [-0.1, -0.05) is 43.3 Å². The van der Waals surface area contributed by atoms with Crippen LogP contribution in [-0.2, 0) is 16.6 Å². The van der Waals surface area contributed by atoms with Gasteiger partial charge in [-0.05, 0) is 48.9 Å². The SMILES string of the molecule is CCCOc1ccccc1CN1CCN(C(=O)c2ccc(NS(=O)(=O)c3cccc4cccnc34)cc2)C1. The summed E-state index contributed by atoms with van der Waals surface area (Å²) in [6.45, 7) is 5.37. The van der Waals surface area contributed by atoms with Crippen molar-refractivity contribution in [3.8, 4) is 5.75 Å². The van der Waals surface area contributed by atoms with Crippen LogP contribution in [0.2, 0.25) is 0 Å². The van der Waals surface area contributed by atoms with Gasteiger partial charge < -0.3 is 9.64 Å². The van der Waals surface area contributed by atoms with E-state index >= 15 is 0 Å².